The van der Waals surface area contributed by atoms with Crippen LogP contribution in [0.2, 0.25) is 0 Å². The molecule has 0 aliphatic rings. The molecule has 0 saturated carbocycles. The van der Waals surface area contributed by atoms with Crippen LogP contribution in [0.15, 0.2) is 0 Å². The summed E-state index contributed by atoms with van der Waals surface area (Å²) in [6.07, 6.45) is 0.0801. The first-order valence-electron chi connectivity index (χ1n) is 7.07. The van der Waals surface area contributed by atoms with Crippen LogP contribution < -0.4 is 0 Å². The SMILES string of the molecule is CCOC[C@@H](C)C(CC(=O)OCC)(OCC)OCC. The third kappa shape index (κ3) is 6.36. The Labute approximate surface area is 116 Å². The molecule has 0 unspecified atom stereocenters. The van der Waals surface area contributed by atoms with Gasteiger partial charge in [-0.05, 0) is 27.7 Å². The minimum absolute atomic E-state index is 0.0586. The Bertz CT molecular complexity index is 236. The molecule has 0 radical (unpaired) electrons. The monoisotopic (exact) mass is 276 g/mol. The first-order chi connectivity index (χ1) is 9.06. The van der Waals surface area contributed by atoms with E-state index in [4.69, 9.17) is 18.9 Å². The van der Waals surface area contributed by atoms with E-state index in [1.54, 1.807) is 6.92 Å². The summed E-state index contributed by atoms with van der Waals surface area (Å²) in [7, 11) is 0. The van der Waals surface area contributed by atoms with E-state index >= 15 is 0 Å². The predicted molar refractivity (Wildman–Crippen MR) is 72.9 cm³/mol. The summed E-state index contributed by atoms with van der Waals surface area (Å²) in [5.74, 6) is -1.34. The highest BCUT2D eigenvalue weighted by Gasteiger charge is 2.41. The summed E-state index contributed by atoms with van der Waals surface area (Å²) < 4.78 is 21.9. The maximum atomic E-state index is 11.8. The van der Waals surface area contributed by atoms with Crippen molar-refractivity contribution in [2.75, 3.05) is 33.0 Å². The number of esters is 1. The maximum Gasteiger partial charge on any atom is 0.311 e. The molecule has 0 amide bonds. The Morgan fingerprint density at radius 1 is 1.00 bits per heavy atom. The van der Waals surface area contributed by atoms with Crippen molar-refractivity contribution in [3.8, 4) is 0 Å². The third-order valence-corrected chi connectivity index (χ3v) is 2.80. The normalized spacial score (nSPS) is 13.3. The van der Waals surface area contributed by atoms with E-state index in [2.05, 4.69) is 0 Å². The molecule has 0 heterocycles. The third-order valence-electron chi connectivity index (χ3n) is 2.80. The molecule has 0 bridgehead atoms. The van der Waals surface area contributed by atoms with Gasteiger partial charge in [-0.1, -0.05) is 6.92 Å². The minimum atomic E-state index is -0.967. The summed E-state index contributed by atoms with van der Waals surface area (Å²) in [5, 5.41) is 0. The smallest absolute Gasteiger partial charge is 0.311 e. The van der Waals surface area contributed by atoms with Gasteiger partial charge in [0.15, 0.2) is 5.79 Å². The molecule has 0 aromatic heterocycles. The highest BCUT2D eigenvalue weighted by Crippen LogP contribution is 2.29. The zero-order valence-corrected chi connectivity index (χ0v) is 12.9. The van der Waals surface area contributed by atoms with E-state index in [-0.39, 0.29) is 18.3 Å². The lowest BCUT2D eigenvalue weighted by atomic mass is 9.97. The Morgan fingerprint density at radius 3 is 2.00 bits per heavy atom. The van der Waals surface area contributed by atoms with Crippen molar-refractivity contribution in [1.29, 1.82) is 0 Å². The quantitative estimate of drug-likeness (QED) is 0.428. The van der Waals surface area contributed by atoms with Crippen LogP contribution in [0.1, 0.15) is 41.0 Å². The first-order valence-corrected chi connectivity index (χ1v) is 7.07. The molecule has 0 fully saturated rings. The predicted octanol–water partition coefficient (Wildman–Crippen LogP) is 2.38. The second kappa shape index (κ2) is 10.2. The molecule has 0 aliphatic carbocycles. The van der Waals surface area contributed by atoms with Crippen LogP contribution in [0, 0.1) is 5.92 Å². The van der Waals surface area contributed by atoms with Crippen molar-refractivity contribution in [1.82, 2.24) is 0 Å². The van der Waals surface area contributed by atoms with Gasteiger partial charge in [-0.25, -0.2) is 0 Å². The lowest BCUT2D eigenvalue weighted by molar-refractivity contribution is -0.270. The molecule has 0 rings (SSSR count). The summed E-state index contributed by atoms with van der Waals surface area (Å²) in [5.41, 5.74) is 0. The standard InChI is InChI=1S/C14H28O5/c1-6-16-11-12(5)14(18-8-3,19-9-4)10-13(15)17-7-2/h12H,6-11H2,1-5H3/t12-/m1/s1. The molecular formula is C14H28O5. The Morgan fingerprint density at radius 2 is 1.58 bits per heavy atom. The zero-order chi connectivity index (χ0) is 14.7. The van der Waals surface area contributed by atoms with Crippen LogP contribution in [0.3, 0.4) is 0 Å². The van der Waals surface area contributed by atoms with Crippen LogP contribution in [-0.2, 0) is 23.7 Å². The number of rotatable bonds is 11. The maximum absolute atomic E-state index is 11.8. The van der Waals surface area contributed by atoms with Crippen LogP contribution in [0.4, 0.5) is 0 Å². The molecule has 0 aliphatic heterocycles. The summed E-state index contributed by atoms with van der Waals surface area (Å²) >= 11 is 0. The summed E-state index contributed by atoms with van der Waals surface area (Å²) in [6.45, 7) is 11.8. The average molecular weight is 276 g/mol. The molecular weight excluding hydrogens is 248 g/mol. The van der Waals surface area contributed by atoms with Gasteiger partial charge in [-0.3, -0.25) is 4.79 Å². The van der Waals surface area contributed by atoms with E-state index in [1.165, 1.54) is 0 Å². The number of hydrogen-bond acceptors (Lipinski definition) is 5. The molecule has 5 heteroatoms. The van der Waals surface area contributed by atoms with E-state index in [0.717, 1.165) is 0 Å². The number of carbonyl (C=O) groups is 1. The van der Waals surface area contributed by atoms with Crippen molar-refractivity contribution >= 4 is 5.97 Å². The Balaban J connectivity index is 4.87. The number of ether oxygens (including phenoxy) is 4. The fraction of sp³-hybridized carbons (Fsp3) is 0.929. The van der Waals surface area contributed by atoms with E-state index in [9.17, 15) is 4.79 Å². The molecule has 1 atom stereocenters. The molecule has 0 N–H and O–H groups in total. The second-order valence-electron chi connectivity index (χ2n) is 4.22. The van der Waals surface area contributed by atoms with Crippen molar-refractivity contribution in [3.05, 3.63) is 0 Å². The largest absolute Gasteiger partial charge is 0.466 e. The molecule has 0 aromatic carbocycles. The van der Waals surface area contributed by atoms with Crippen molar-refractivity contribution in [3.63, 3.8) is 0 Å². The van der Waals surface area contributed by atoms with E-state index < -0.39 is 5.79 Å². The minimum Gasteiger partial charge on any atom is -0.466 e. The van der Waals surface area contributed by atoms with Crippen molar-refractivity contribution < 1.29 is 23.7 Å². The molecule has 0 spiro atoms. The molecule has 5 nitrogen and oxygen atoms in total. The van der Waals surface area contributed by atoms with E-state index in [1.807, 2.05) is 27.7 Å². The highest BCUT2D eigenvalue weighted by molar-refractivity contribution is 5.70. The topological polar surface area (TPSA) is 54.0 Å². The lowest BCUT2D eigenvalue weighted by Gasteiger charge is -2.37. The van der Waals surface area contributed by atoms with Crippen LogP contribution >= 0.6 is 0 Å². The van der Waals surface area contributed by atoms with Crippen LogP contribution in [0.5, 0.6) is 0 Å². The second-order valence-corrected chi connectivity index (χ2v) is 4.22. The highest BCUT2D eigenvalue weighted by atomic mass is 16.7. The molecule has 0 aromatic rings. The van der Waals surface area contributed by atoms with Gasteiger partial charge in [-0.2, -0.15) is 0 Å². The van der Waals surface area contributed by atoms with E-state index in [0.29, 0.717) is 33.0 Å². The fourth-order valence-corrected chi connectivity index (χ4v) is 1.93. The number of carbonyl (C=O) groups excluding carboxylic acids is 1. The zero-order valence-electron chi connectivity index (χ0n) is 12.9. The molecule has 19 heavy (non-hydrogen) atoms. The number of hydrogen-bond donors (Lipinski definition) is 0. The fourth-order valence-electron chi connectivity index (χ4n) is 1.93. The van der Waals surface area contributed by atoms with Crippen molar-refractivity contribution in [2.24, 2.45) is 5.92 Å². The van der Waals surface area contributed by atoms with Gasteiger partial charge in [0.05, 0.1) is 19.6 Å². The van der Waals surface area contributed by atoms with Crippen molar-refractivity contribution in [2.45, 2.75) is 46.8 Å². The van der Waals surface area contributed by atoms with Gasteiger partial charge < -0.3 is 18.9 Å². The van der Waals surface area contributed by atoms with Crippen LogP contribution in [-0.4, -0.2) is 44.8 Å². The van der Waals surface area contributed by atoms with Gasteiger partial charge in [-0.15, -0.1) is 0 Å². The summed E-state index contributed by atoms with van der Waals surface area (Å²) in [6, 6.07) is 0. The first kappa shape index (κ1) is 18.4. The molecule has 0 saturated heterocycles. The van der Waals surface area contributed by atoms with Gasteiger partial charge in [0.1, 0.15) is 0 Å². The van der Waals surface area contributed by atoms with Crippen LogP contribution in [0.25, 0.3) is 0 Å². The van der Waals surface area contributed by atoms with Gasteiger partial charge >= 0.3 is 5.97 Å². The van der Waals surface area contributed by atoms with Gasteiger partial charge in [0.25, 0.3) is 0 Å². The lowest BCUT2D eigenvalue weighted by Crippen LogP contribution is -2.46. The Hall–Kier alpha value is -0.650. The molecule has 114 valence electrons. The Kier molecular flexibility index (Phi) is 9.83. The summed E-state index contributed by atoms with van der Waals surface area (Å²) in [4.78, 5) is 11.8. The average Bonchev–Trinajstić information content (AvgIpc) is 2.36. The van der Waals surface area contributed by atoms with Gasteiger partial charge in [0.2, 0.25) is 0 Å². The van der Waals surface area contributed by atoms with Gasteiger partial charge in [0, 0.05) is 25.7 Å².